The lowest BCUT2D eigenvalue weighted by molar-refractivity contribution is 0.0937. The summed E-state index contributed by atoms with van der Waals surface area (Å²) in [6, 6.07) is 4.76. The highest BCUT2D eigenvalue weighted by Crippen LogP contribution is 2.19. The first-order chi connectivity index (χ1) is 8.87. The van der Waals surface area contributed by atoms with Crippen molar-refractivity contribution in [3.8, 4) is 0 Å². The van der Waals surface area contributed by atoms with Crippen LogP contribution in [0.25, 0.3) is 0 Å². The summed E-state index contributed by atoms with van der Waals surface area (Å²) in [5, 5.41) is 3.27. The molecule has 1 aliphatic heterocycles. The van der Waals surface area contributed by atoms with E-state index < -0.39 is 9.84 Å². The predicted molar refractivity (Wildman–Crippen MR) is 83.3 cm³/mol. The Morgan fingerprint density at radius 3 is 2.84 bits per heavy atom. The van der Waals surface area contributed by atoms with Gasteiger partial charge in [0, 0.05) is 14.6 Å². The van der Waals surface area contributed by atoms with Crippen molar-refractivity contribution in [2.75, 3.05) is 11.5 Å². The van der Waals surface area contributed by atoms with E-state index in [0.717, 1.165) is 3.57 Å². The van der Waals surface area contributed by atoms with Gasteiger partial charge in [-0.25, -0.2) is 8.42 Å². The monoisotopic (exact) mass is 413 g/mol. The minimum absolute atomic E-state index is 0.0237. The van der Waals surface area contributed by atoms with Gasteiger partial charge in [0.25, 0.3) is 5.91 Å². The highest BCUT2D eigenvalue weighted by Gasteiger charge is 2.26. The van der Waals surface area contributed by atoms with Crippen LogP contribution in [-0.4, -0.2) is 31.9 Å². The van der Waals surface area contributed by atoms with Crippen molar-refractivity contribution in [3.05, 3.63) is 32.4 Å². The van der Waals surface area contributed by atoms with Crippen molar-refractivity contribution in [1.82, 2.24) is 5.32 Å². The number of hydrogen-bond acceptors (Lipinski definition) is 3. The van der Waals surface area contributed by atoms with Gasteiger partial charge in [-0.1, -0.05) is 11.6 Å². The van der Waals surface area contributed by atoms with Crippen LogP contribution in [0.3, 0.4) is 0 Å². The summed E-state index contributed by atoms with van der Waals surface area (Å²) in [6.45, 7) is 0. The quantitative estimate of drug-likeness (QED) is 0.757. The third-order valence-electron chi connectivity index (χ3n) is 2.97. The van der Waals surface area contributed by atoms with Crippen LogP contribution in [0.1, 0.15) is 23.2 Å². The molecule has 1 fully saturated rings. The predicted octanol–water partition coefficient (Wildman–Crippen LogP) is 2.25. The first-order valence-electron chi connectivity index (χ1n) is 5.84. The molecule has 2 rings (SSSR count). The Hall–Kier alpha value is -0.340. The van der Waals surface area contributed by atoms with E-state index in [1.807, 2.05) is 0 Å². The van der Waals surface area contributed by atoms with Crippen LogP contribution in [0.2, 0.25) is 5.02 Å². The van der Waals surface area contributed by atoms with E-state index in [2.05, 4.69) is 27.9 Å². The number of hydrogen-bond donors (Lipinski definition) is 1. The second-order valence-corrected chi connectivity index (χ2v) is 8.38. The van der Waals surface area contributed by atoms with Gasteiger partial charge in [0.15, 0.2) is 9.84 Å². The molecule has 0 radical (unpaired) electrons. The van der Waals surface area contributed by atoms with Gasteiger partial charge in [0.05, 0.1) is 17.1 Å². The zero-order valence-electron chi connectivity index (χ0n) is 10.0. The highest BCUT2D eigenvalue weighted by atomic mass is 127. The molecule has 1 N–H and O–H groups in total. The first-order valence-corrected chi connectivity index (χ1v) is 9.11. The standard InChI is InChI=1S/C12H13ClINO3S/c13-8-3-4-11(14)10(6-8)12(16)15-9-2-1-5-19(17,18)7-9/h3-4,6,9H,1-2,5,7H2,(H,15,16). The fraction of sp³-hybridized carbons (Fsp3) is 0.417. The number of benzene rings is 1. The Morgan fingerprint density at radius 1 is 1.42 bits per heavy atom. The van der Waals surface area contributed by atoms with Crippen LogP contribution < -0.4 is 5.32 Å². The summed E-state index contributed by atoms with van der Waals surface area (Å²) in [7, 11) is -3.02. The van der Waals surface area contributed by atoms with Gasteiger partial charge in [-0.2, -0.15) is 0 Å². The second kappa shape index (κ2) is 5.97. The van der Waals surface area contributed by atoms with Crippen LogP contribution in [0.5, 0.6) is 0 Å². The molecule has 104 valence electrons. The van der Waals surface area contributed by atoms with Gasteiger partial charge < -0.3 is 5.32 Å². The van der Waals surface area contributed by atoms with Crippen molar-refractivity contribution in [2.45, 2.75) is 18.9 Å². The molecule has 4 nitrogen and oxygen atoms in total. The van der Waals surface area contributed by atoms with Crippen LogP contribution in [0, 0.1) is 3.57 Å². The van der Waals surface area contributed by atoms with Crippen LogP contribution in [0.15, 0.2) is 18.2 Å². The number of sulfone groups is 1. The minimum Gasteiger partial charge on any atom is -0.348 e. The van der Waals surface area contributed by atoms with Gasteiger partial charge in [-0.15, -0.1) is 0 Å². The average Bonchev–Trinajstić information content (AvgIpc) is 2.31. The highest BCUT2D eigenvalue weighted by molar-refractivity contribution is 14.1. The maximum absolute atomic E-state index is 12.1. The lowest BCUT2D eigenvalue weighted by atomic mass is 10.1. The number of nitrogens with one attached hydrogen (secondary N) is 1. The van der Waals surface area contributed by atoms with Crippen molar-refractivity contribution in [3.63, 3.8) is 0 Å². The number of amides is 1. The number of carbonyl (C=O) groups is 1. The molecule has 1 heterocycles. The fourth-order valence-corrected chi connectivity index (χ4v) is 4.46. The van der Waals surface area contributed by atoms with Crippen LogP contribution >= 0.6 is 34.2 Å². The maximum Gasteiger partial charge on any atom is 0.252 e. The fourth-order valence-electron chi connectivity index (χ4n) is 2.07. The summed E-state index contributed by atoms with van der Waals surface area (Å²) >= 11 is 7.93. The molecule has 1 aromatic carbocycles. The molecular formula is C12H13ClINO3S. The van der Waals surface area contributed by atoms with Crippen molar-refractivity contribution < 1.29 is 13.2 Å². The molecule has 7 heteroatoms. The smallest absolute Gasteiger partial charge is 0.252 e. The molecule has 0 spiro atoms. The van der Waals surface area contributed by atoms with Crippen molar-refractivity contribution in [1.29, 1.82) is 0 Å². The number of rotatable bonds is 2. The molecule has 1 aromatic rings. The first kappa shape index (κ1) is 15.1. The van der Waals surface area contributed by atoms with E-state index in [1.54, 1.807) is 18.2 Å². The van der Waals surface area contributed by atoms with E-state index in [0.29, 0.717) is 23.4 Å². The maximum atomic E-state index is 12.1. The molecule has 0 saturated carbocycles. The second-order valence-electron chi connectivity index (χ2n) is 4.55. The molecule has 0 aromatic heterocycles. The largest absolute Gasteiger partial charge is 0.348 e. The molecule has 0 aliphatic carbocycles. The average molecular weight is 414 g/mol. The van der Waals surface area contributed by atoms with Gasteiger partial charge in [0.1, 0.15) is 0 Å². The van der Waals surface area contributed by atoms with Gasteiger partial charge >= 0.3 is 0 Å². The topological polar surface area (TPSA) is 63.2 Å². The summed E-state index contributed by atoms with van der Waals surface area (Å²) in [4.78, 5) is 12.1. The van der Waals surface area contributed by atoms with Gasteiger partial charge in [0.2, 0.25) is 0 Å². The molecule has 19 heavy (non-hydrogen) atoms. The lowest BCUT2D eigenvalue weighted by Crippen LogP contribution is -2.43. The Balaban J connectivity index is 2.11. The van der Waals surface area contributed by atoms with Gasteiger partial charge in [-0.3, -0.25) is 4.79 Å². The third-order valence-corrected chi connectivity index (χ3v) is 5.97. The number of halogens is 2. The van der Waals surface area contributed by atoms with Crippen LogP contribution in [0.4, 0.5) is 0 Å². The van der Waals surface area contributed by atoms with E-state index in [1.165, 1.54) is 0 Å². The van der Waals surface area contributed by atoms with E-state index >= 15 is 0 Å². The Bertz CT molecular complexity index is 603. The van der Waals surface area contributed by atoms with Crippen LogP contribution in [-0.2, 0) is 9.84 Å². The lowest BCUT2D eigenvalue weighted by Gasteiger charge is -2.23. The normalized spacial score (nSPS) is 21.9. The zero-order valence-corrected chi connectivity index (χ0v) is 13.8. The summed E-state index contributed by atoms with van der Waals surface area (Å²) < 4.78 is 23.8. The zero-order chi connectivity index (χ0) is 14.0. The third kappa shape index (κ3) is 4.06. The van der Waals surface area contributed by atoms with E-state index in [-0.39, 0.29) is 23.5 Å². The van der Waals surface area contributed by atoms with Crippen molar-refractivity contribution in [2.24, 2.45) is 0 Å². The summed E-state index contributed by atoms with van der Waals surface area (Å²) in [5.41, 5.74) is 0.482. The van der Waals surface area contributed by atoms with E-state index in [9.17, 15) is 13.2 Å². The molecule has 0 bridgehead atoms. The number of carbonyl (C=O) groups excluding carboxylic acids is 1. The Labute approximate surface area is 131 Å². The summed E-state index contributed by atoms with van der Waals surface area (Å²) in [5.74, 6) is -0.0294. The minimum atomic E-state index is -3.02. The van der Waals surface area contributed by atoms with Gasteiger partial charge in [-0.05, 0) is 53.6 Å². The van der Waals surface area contributed by atoms with Crippen molar-refractivity contribution >= 4 is 49.9 Å². The molecule has 1 amide bonds. The molecule has 1 unspecified atom stereocenters. The molecule has 1 saturated heterocycles. The SMILES string of the molecule is O=C(NC1CCCS(=O)(=O)C1)c1cc(Cl)ccc1I. The molecule has 1 atom stereocenters. The molecular weight excluding hydrogens is 401 g/mol. The Kier molecular flexibility index (Phi) is 4.73. The summed E-state index contributed by atoms with van der Waals surface area (Å²) in [6.07, 6.45) is 1.29. The Morgan fingerprint density at radius 2 is 2.16 bits per heavy atom. The molecule has 1 aliphatic rings. The van der Waals surface area contributed by atoms with E-state index in [4.69, 9.17) is 11.6 Å².